The van der Waals surface area contributed by atoms with Crippen LogP contribution >= 0.6 is 0 Å². The molecule has 0 saturated heterocycles. The van der Waals surface area contributed by atoms with Crippen LogP contribution in [0.4, 0.5) is 28.9 Å². The second kappa shape index (κ2) is 17.7. The molecule has 0 N–H and O–H groups in total. The van der Waals surface area contributed by atoms with Crippen molar-refractivity contribution in [2.45, 2.75) is 35.4 Å². The predicted octanol–water partition coefficient (Wildman–Crippen LogP) is 11.5. The van der Waals surface area contributed by atoms with E-state index in [4.69, 9.17) is 0 Å². The van der Waals surface area contributed by atoms with Crippen molar-refractivity contribution < 1.29 is 43.7 Å². The first-order valence-corrected chi connectivity index (χ1v) is 23.5. The molecule has 2 amide bonds. The minimum atomic E-state index is -5.40. The normalized spacial score (nSPS) is 13.6. The molecular formula is C52H42F4N2O2Ti. The van der Waals surface area contributed by atoms with Gasteiger partial charge < -0.3 is 0 Å². The number of amides is 2. The van der Waals surface area contributed by atoms with Gasteiger partial charge in [0, 0.05) is 0 Å². The number of aryl methyl sites for hydroxylation is 2. The SMILES string of the molecule is Cc1ccc(C(=O)N(Cc2ccccc2)c2ccc(F)[c]([Ti]([c]3c(F)ccc(N(Cc4ccccc4)C(=O)c4ccc(C)cc4)c3F)([CH]3C=CC=C3)[CH]3C=CC=C3)c2F)cc1. The molecule has 0 fully saturated rings. The Hall–Kier alpha value is -6.35. The number of carbonyl (C=O) groups is 2. The van der Waals surface area contributed by atoms with E-state index in [9.17, 15) is 9.59 Å². The predicted molar refractivity (Wildman–Crippen MR) is 232 cm³/mol. The molecule has 6 aromatic rings. The molecule has 8 rings (SSSR count). The zero-order valence-corrected chi connectivity index (χ0v) is 35.2. The van der Waals surface area contributed by atoms with Gasteiger partial charge in [-0.2, -0.15) is 0 Å². The van der Waals surface area contributed by atoms with Gasteiger partial charge in [0.1, 0.15) is 0 Å². The van der Waals surface area contributed by atoms with Gasteiger partial charge >= 0.3 is 359 Å². The molecule has 0 heterocycles. The summed E-state index contributed by atoms with van der Waals surface area (Å²) in [7, 11) is 0. The van der Waals surface area contributed by atoms with E-state index in [0.29, 0.717) is 11.1 Å². The summed E-state index contributed by atoms with van der Waals surface area (Å²) in [5.74, 6) is -5.17. The third-order valence-corrected chi connectivity index (χ3v) is 20.1. The average molecular weight is 851 g/mol. The molecule has 0 atom stereocenters. The van der Waals surface area contributed by atoms with Gasteiger partial charge in [0.25, 0.3) is 0 Å². The van der Waals surface area contributed by atoms with Crippen LogP contribution in [-0.2, 0) is 29.7 Å². The van der Waals surface area contributed by atoms with Crippen LogP contribution in [0.1, 0.15) is 43.0 Å². The number of anilines is 2. The number of allylic oxidation sites excluding steroid dienone is 8. The molecule has 61 heavy (non-hydrogen) atoms. The Balaban J connectivity index is 1.39. The summed E-state index contributed by atoms with van der Waals surface area (Å²) >= 11 is -5.40. The first-order valence-electron chi connectivity index (χ1n) is 20.1. The average Bonchev–Trinajstić information content (AvgIpc) is 4.02. The van der Waals surface area contributed by atoms with Crippen LogP contribution in [0, 0.1) is 37.1 Å². The molecule has 9 heteroatoms. The van der Waals surface area contributed by atoms with Crippen LogP contribution in [0.5, 0.6) is 0 Å². The third kappa shape index (κ3) is 8.01. The van der Waals surface area contributed by atoms with Crippen LogP contribution in [0.3, 0.4) is 0 Å². The van der Waals surface area contributed by atoms with Gasteiger partial charge in [-0.15, -0.1) is 0 Å². The molecule has 0 aliphatic heterocycles. The summed E-state index contributed by atoms with van der Waals surface area (Å²) in [4.78, 5) is 31.5. The van der Waals surface area contributed by atoms with Crippen molar-refractivity contribution in [2.75, 3.05) is 9.80 Å². The molecule has 2 aliphatic rings. The molecule has 6 aromatic carbocycles. The molecule has 0 radical (unpaired) electrons. The van der Waals surface area contributed by atoms with Crippen LogP contribution in [-0.4, -0.2) is 11.8 Å². The number of nitrogens with zero attached hydrogens (tertiary/aromatic N) is 2. The quantitative estimate of drug-likeness (QED) is 0.0909. The topological polar surface area (TPSA) is 40.6 Å². The van der Waals surface area contributed by atoms with Gasteiger partial charge in [-0.1, -0.05) is 0 Å². The van der Waals surface area contributed by atoms with Gasteiger partial charge in [0.2, 0.25) is 0 Å². The summed E-state index contributed by atoms with van der Waals surface area (Å²) < 4.78 is 68.6. The number of hydrogen-bond donors (Lipinski definition) is 0. The van der Waals surface area contributed by atoms with Crippen molar-refractivity contribution >= 4 is 30.9 Å². The summed E-state index contributed by atoms with van der Waals surface area (Å²) in [6, 6.07) is 36.4. The fourth-order valence-corrected chi connectivity index (χ4v) is 17.3. The van der Waals surface area contributed by atoms with E-state index in [2.05, 4.69) is 0 Å². The Labute approximate surface area is 356 Å². The van der Waals surface area contributed by atoms with E-state index in [1.807, 2.05) is 26.0 Å². The van der Waals surface area contributed by atoms with Crippen molar-refractivity contribution in [3.05, 3.63) is 239 Å². The van der Waals surface area contributed by atoms with Crippen molar-refractivity contribution in [2.24, 2.45) is 0 Å². The zero-order valence-electron chi connectivity index (χ0n) is 33.6. The Morgan fingerprint density at radius 2 is 0.820 bits per heavy atom. The van der Waals surface area contributed by atoms with Gasteiger partial charge in [-0.25, -0.2) is 0 Å². The molecule has 0 aromatic heterocycles. The molecule has 0 bridgehead atoms. The van der Waals surface area contributed by atoms with Crippen LogP contribution in [0.15, 0.2) is 182 Å². The Bertz CT molecular complexity index is 2500. The summed E-state index contributed by atoms with van der Waals surface area (Å²) in [6.07, 6.45) is 13.9. The summed E-state index contributed by atoms with van der Waals surface area (Å²) in [6.45, 7) is 3.63. The van der Waals surface area contributed by atoms with Gasteiger partial charge in [0.15, 0.2) is 0 Å². The van der Waals surface area contributed by atoms with Crippen molar-refractivity contribution in [1.29, 1.82) is 0 Å². The summed E-state index contributed by atoms with van der Waals surface area (Å²) in [5.41, 5.74) is 3.32. The maximum absolute atomic E-state index is 18.3. The zero-order chi connectivity index (χ0) is 42.7. The molecule has 0 spiro atoms. The number of halogens is 4. The van der Waals surface area contributed by atoms with E-state index in [-0.39, 0.29) is 35.6 Å². The maximum atomic E-state index is 18.3. The monoisotopic (exact) mass is 850 g/mol. The van der Waals surface area contributed by atoms with E-state index in [1.165, 1.54) is 21.9 Å². The summed E-state index contributed by atoms with van der Waals surface area (Å²) in [5, 5.41) is 0. The molecule has 304 valence electrons. The fourth-order valence-electron chi connectivity index (χ4n) is 8.51. The molecular weight excluding hydrogens is 808 g/mol. The van der Waals surface area contributed by atoms with Crippen molar-refractivity contribution in [3.63, 3.8) is 0 Å². The van der Waals surface area contributed by atoms with Crippen molar-refractivity contribution in [1.82, 2.24) is 0 Å². The van der Waals surface area contributed by atoms with Gasteiger partial charge in [-0.3, -0.25) is 0 Å². The molecule has 0 unspecified atom stereocenters. The van der Waals surface area contributed by atoms with E-state index in [0.717, 1.165) is 23.3 Å². The minimum absolute atomic E-state index is 0.0736. The molecule has 4 nitrogen and oxygen atoms in total. The van der Waals surface area contributed by atoms with E-state index >= 15 is 17.6 Å². The standard InChI is InChI=1S/2C21H16F2NO.2C5H5.Ti/c2*1-15-7-9-17(10-8-15)21(25)24(14-16-5-3-2-4-6-16)20-12-11-18(22)13-19(20)23;2*1-2-4-5-3-1;/h2*2-12H,14H2,1H3;2*1-5H;. The first kappa shape index (κ1) is 41.4. The first-order chi connectivity index (χ1) is 29.6. The second-order valence-electron chi connectivity index (χ2n) is 15.5. The van der Waals surface area contributed by atoms with Gasteiger partial charge in [-0.05, 0) is 0 Å². The van der Waals surface area contributed by atoms with E-state index in [1.54, 1.807) is 146 Å². The van der Waals surface area contributed by atoms with Crippen LogP contribution in [0.2, 0.25) is 8.45 Å². The Morgan fingerprint density at radius 1 is 0.475 bits per heavy atom. The number of hydrogen-bond acceptors (Lipinski definition) is 2. The number of rotatable bonds is 12. The van der Waals surface area contributed by atoms with Gasteiger partial charge in [0.05, 0.1) is 0 Å². The number of benzene rings is 6. The third-order valence-electron chi connectivity index (χ3n) is 11.6. The van der Waals surface area contributed by atoms with Crippen molar-refractivity contribution in [3.8, 4) is 0 Å². The van der Waals surface area contributed by atoms with Crippen LogP contribution in [0.25, 0.3) is 0 Å². The molecule has 2 aliphatic carbocycles. The fraction of sp³-hybridized carbons (Fsp3) is 0.115. The Kier molecular flexibility index (Phi) is 12.0. The Morgan fingerprint density at radius 3 is 1.16 bits per heavy atom. The molecule has 0 saturated carbocycles. The van der Waals surface area contributed by atoms with Crippen LogP contribution < -0.4 is 17.5 Å². The number of carbonyl (C=O) groups excluding carboxylic acids is 2. The second-order valence-corrected chi connectivity index (χ2v) is 21.8. The van der Waals surface area contributed by atoms with E-state index < -0.39 is 67.9 Å².